The van der Waals surface area contributed by atoms with Gasteiger partial charge in [-0.15, -0.1) is 29.7 Å². The van der Waals surface area contributed by atoms with Gasteiger partial charge in [-0.25, -0.2) is 4.98 Å². The molecule has 11 aromatic rings. The quantitative estimate of drug-likeness (QED) is 0.127. The van der Waals surface area contributed by atoms with Crippen LogP contribution >= 0.6 is 0 Å². The van der Waals surface area contributed by atoms with Gasteiger partial charge in [0.1, 0.15) is 5.82 Å². The number of pyridine rings is 1. The van der Waals surface area contributed by atoms with Gasteiger partial charge in [-0.2, -0.15) is 18.2 Å². The van der Waals surface area contributed by atoms with Crippen LogP contribution in [0.4, 0.5) is 0 Å². The predicted octanol–water partition coefficient (Wildman–Crippen LogP) is 16.2. The van der Waals surface area contributed by atoms with E-state index in [0.29, 0.717) is 28.4 Å². The first-order chi connectivity index (χ1) is 36.4. The molecular weight excluding hydrogens is 1060 g/mol. The number of fused-ring (bicyclic) bond motifs is 11. The Labute approximate surface area is 443 Å². The third-order valence-corrected chi connectivity index (χ3v) is 15.1. The predicted molar refractivity (Wildman–Crippen MR) is 289 cm³/mol. The second-order valence-corrected chi connectivity index (χ2v) is 21.5. The molecule has 0 spiro atoms. The van der Waals surface area contributed by atoms with E-state index < -0.39 is 18.1 Å². The Kier molecular flexibility index (Phi) is 9.45. The maximum atomic E-state index is 9.23. The Morgan fingerprint density at radius 1 is 0.611 bits per heavy atom. The van der Waals surface area contributed by atoms with Crippen LogP contribution in [-0.4, -0.2) is 14.1 Å². The first-order valence-corrected chi connectivity index (χ1v) is 24.5. The Balaban J connectivity index is 0.00000596. The Bertz CT molecular complexity index is 4250. The fraction of sp³-hybridized carbons (Fsp3) is 0.182. The minimum Gasteiger partial charge on any atom is -0.510 e. The normalized spacial score (nSPS) is 15.3. The molecule has 2 aliphatic rings. The minimum atomic E-state index is -0.444. The molecule has 1 aliphatic carbocycles. The van der Waals surface area contributed by atoms with Crippen molar-refractivity contribution in [3.05, 3.63) is 211 Å². The van der Waals surface area contributed by atoms with Crippen molar-refractivity contribution in [1.82, 2.24) is 14.1 Å². The van der Waals surface area contributed by atoms with Gasteiger partial charge >= 0.3 is 0 Å². The van der Waals surface area contributed by atoms with Crippen LogP contribution in [0.1, 0.15) is 84.9 Å². The van der Waals surface area contributed by atoms with E-state index in [1.54, 1.807) is 0 Å². The molecule has 0 atom stereocenters. The molecule has 0 N–H and O–H groups in total. The number of rotatable bonds is 5. The fourth-order valence-corrected chi connectivity index (χ4v) is 11.2. The standard InChI is InChI=1S/C66H54N4O.Pt/c1-64(2,3)43-32-35-67-61(36-43)70-59-38-46(30-31-52(59)55-39-56-57(40-60(55)70)66(6,7)34-33-65(56,4)5)71-45-21-15-20-44(37-45)68-41-69-62-47(42-18-9-8-10-19-42)26-16-27-53(62)50-24-13-11-22-48(50)49-23-12-14-25-51(49)54-28-17-29-58(68)63(54)69;/h8-32,35-36,39-40H,33-34H2,1-7H3;/q-2;/i8D,9D,10D,18D,19D;. The maximum Gasteiger partial charge on any atom is 0.268 e. The van der Waals surface area contributed by atoms with Gasteiger partial charge in [0.2, 0.25) is 0 Å². The molecule has 0 amide bonds. The van der Waals surface area contributed by atoms with Gasteiger partial charge in [-0.05, 0) is 120 Å². The summed E-state index contributed by atoms with van der Waals surface area (Å²) in [4.78, 5) is 5.02. The Morgan fingerprint density at radius 2 is 1.22 bits per heavy atom. The molecule has 3 aromatic heterocycles. The molecule has 1 aliphatic heterocycles. The third kappa shape index (κ3) is 7.30. The molecule has 13 rings (SSSR count). The third-order valence-electron chi connectivity index (χ3n) is 15.1. The van der Waals surface area contributed by atoms with E-state index in [4.69, 9.17) is 13.8 Å². The van der Waals surface area contributed by atoms with Crippen molar-refractivity contribution in [1.29, 1.82) is 0 Å². The van der Waals surface area contributed by atoms with Crippen LogP contribution < -0.4 is 9.30 Å². The zero-order valence-corrected chi connectivity index (χ0v) is 43.6. The second kappa shape index (κ2) is 16.9. The molecule has 72 heavy (non-hydrogen) atoms. The number of benzene rings is 8. The minimum absolute atomic E-state index is 0. The number of para-hydroxylation sites is 2. The van der Waals surface area contributed by atoms with E-state index in [9.17, 15) is 2.74 Å². The molecule has 0 fully saturated rings. The van der Waals surface area contributed by atoms with Crippen LogP contribution in [0.2, 0.25) is 0 Å². The van der Waals surface area contributed by atoms with Crippen molar-refractivity contribution in [3.63, 3.8) is 0 Å². The van der Waals surface area contributed by atoms with Crippen molar-refractivity contribution in [3.8, 4) is 73.2 Å². The summed E-state index contributed by atoms with van der Waals surface area (Å²) in [5.41, 5.74) is 15.0. The van der Waals surface area contributed by atoms with Crippen LogP contribution in [0.3, 0.4) is 0 Å². The molecule has 356 valence electrons. The number of nitrogens with zero attached hydrogens (tertiary/aromatic N) is 4. The van der Waals surface area contributed by atoms with Crippen LogP contribution in [-0.2, 0) is 37.3 Å². The van der Waals surface area contributed by atoms with Crippen LogP contribution in [0, 0.1) is 18.5 Å². The number of aromatic nitrogens is 4. The SMILES string of the molecule is [2H]c1c([2H])c([2H])c(-c2cccc3c2-[n+]2[c-]n(-c4[c-]c(Oc5[c-]c6c(cc5)c5cc7c(cc5n6-c5cc(C(C)(C)C)ccn5)C(C)(C)CCC7(C)C)ccc4)c4cccc(c42)-c2ccccc2-c2ccccc2-3)c([2H])c1[2H].[Pt]. The monoisotopic (exact) mass is 1120 g/mol. The van der Waals surface area contributed by atoms with Crippen molar-refractivity contribution >= 4 is 32.8 Å². The van der Waals surface area contributed by atoms with Crippen molar-refractivity contribution in [2.75, 3.05) is 0 Å². The van der Waals surface area contributed by atoms with Gasteiger partial charge in [0, 0.05) is 44.3 Å². The average Bonchev–Trinajstić information content (AvgIpc) is 4.10. The first kappa shape index (κ1) is 40.3. The van der Waals surface area contributed by atoms with E-state index in [2.05, 4.69) is 138 Å². The fourth-order valence-electron chi connectivity index (χ4n) is 11.2. The molecule has 0 saturated heterocycles. The van der Waals surface area contributed by atoms with Crippen LogP contribution in [0.25, 0.3) is 94.5 Å². The first-order valence-electron chi connectivity index (χ1n) is 27.0. The summed E-state index contributed by atoms with van der Waals surface area (Å²) in [7, 11) is 0. The van der Waals surface area contributed by atoms with Crippen LogP contribution in [0.15, 0.2) is 176 Å². The van der Waals surface area contributed by atoms with Crippen molar-refractivity contribution in [2.45, 2.75) is 77.6 Å². The number of hydrogen-bond donors (Lipinski definition) is 0. The zero-order valence-electron chi connectivity index (χ0n) is 46.3. The van der Waals surface area contributed by atoms with Gasteiger partial charge in [-0.3, -0.25) is 4.57 Å². The van der Waals surface area contributed by atoms with Gasteiger partial charge in [0.05, 0.1) is 23.6 Å². The molecule has 0 bridgehead atoms. The number of hydrogen-bond acceptors (Lipinski definition) is 2. The van der Waals surface area contributed by atoms with Gasteiger partial charge in [-0.1, -0.05) is 175 Å². The van der Waals surface area contributed by atoms with Gasteiger partial charge in [0.15, 0.2) is 0 Å². The molecule has 4 heterocycles. The van der Waals surface area contributed by atoms with E-state index in [1.807, 2.05) is 88.1 Å². The Morgan fingerprint density at radius 3 is 1.94 bits per heavy atom. The summed E-state index contributed by atoms with van der Waals surface area (Å²) in [6.07, 6.45) is 7.86. The maximum absolute atomic E-state index is 9.23. The largest absolute Gasteiger partial charge is 0.510 e. The topological polar surface area (TPSA) is 35.9 Å². The van der Waals surface area contributed by atoms with E-state index >= 15 is 0 Å². The van der Waals surface area contributed by atoms with E-state index in [-0.39, 0.29) is 55.0 Å². The van der Waals surface area contributed by atoms with Crippen molar-refractivity contribution in [2.24, 2.45) is 0 Å². The molecular formula is C66H54N4OPt-2. The molecule has 5 nitrogen and oxygen atoms in total. The van der Waals surface area contributed by atoms with Crippen molar-refractivity contribution < 1.29 is 37.2 Å². The molecule has 0 unspecified atom stereocenters. The summed E-state index contributed by atoms with van der Waals surface area (Å²) in [6, 6.07) is 53.2. The van der Waals surface area contributed by atoms with E-state index in [0.717, 1.165) is 84.9 Å². The summed E-state index contributed by atoms with van der Waals surface area (Å²) >= 11 is 0. The molecule has 6 heteroatoms. The molecule has 8 aromatic carbocycles. The Hall–Kier alpha value is -7.33. The van der Waals surface area contributed by atoms with Crippen LogP contribution in [0.5, 0.6) is 11.5 Å². The molecule has 0 saturated carbocycles. The summed E-state index contributed by atoms with van der Waals surface area (Å²) < 4.78 is 57.5. The summed E-state index contributed by atoms with van der Waals surface area (Å²) in [5.74, 6) is 1.82. The summed E-state index contributed by atoms with van der Waals surface area (Å²) in [6.45, 7) is 16.1. The molecule has 0 radical (unpaired) electrons. The number of ether oxygens (including phenoxy) is 1. The summed E-state index contributed by atoms with van der Waals surface area (Å²) in [5, 5.41) is 2.23. The smallest absolute Gasteiger partial charge is 0.268 e. The number of imidazole rings is 1. The van der Waals surface area contributed by atoms with Gasteiger partial charge in [0.25, 0.3) is 6.33 Å². The average molecular weight is 1120 g/mol. The van der Waals surface area contributed by atoms with Gasteiger partial charge < -0.3 is 13.9 Å². The zero-order chi connectivity index (χ0) is 52.7. The van der Waals surface area contributed by atoms with E-state index in [1.165, 1.54) is 16.7 Å². The second-order valence-electron chi connectivity index (χ2n) is 21.5.